The average Bonchev–Trinajstić information content (AvgIpc) is 2.45. The third-order valence-corrected chi connectivity index (χ3v) is 3.16. The minimum atomic E-state index is -0.491. The van der Waals surface area contributed by atoms with Crippen LogP contribution >= 0.6 is 0 Å². The van der Waals surface area contributed by atoms with Crippen molar-refractivity contribution in [2.75, 3.05) is 13.2 Å². The van der Waals surface area contributed by atoms with Gasteiger partial charge < -0.3 is 21.1 Å². The third kappa shape index (κ3) is 4.55. The molecule has 1 aliphatic rings. The number of ether oxygens (including phenoxy) is 1. The largest absolute Gasteiger partial charge is 0.484 e. The lowest BCUT2D eigenvalue weighted by Gasteiger charge is -2.23. The smallest absolute Gasteiger partial charge is 0.255 e. The van der Waals surface area contributed by atoms with Crippen LogP contribution in [0, 0.1) is 0 Å². The molecule has 1 unspecified atom stereocenters. The molecule has 2 rings (SSSR count). The monoisotopic (exact) mass is 277 g/mol. The van der Waals surface area contributed by atoms with Gasteiger partial charge >= 0.3 is 0 Å². The minimum absolute atomic E-state index is 0.112. The first-order chi connectivity index (χ1) is 9.63. The Labute approximate surface area is 117 Å². The molecule has 1 heterocycles. The van der Waals surface area contributed by atoms with E-state index < -0.39 is 5.91 Å². The van der Waals surface area contributed by atoms with E-state index in [9.17, 15) is 9.59 Å². The number of piperidine rings is 1. The zero-order valence-electron chi connectivity index (χ0n) is 11.2. The van der Waals surface area contributed by atoms with Crippen molar-refractivity contribution in [3.05, 3.63) is 29.8 Å². The number of nitrogens with two attached hydrogens (primary N) is 1. The molecule has 20 heavy (non-hydrogen) atoms. The molecule has 1 saturated heterocycles. The van der Waals surface area contributed by atoms with Crippen molar-refractivity contribution < 1.29 is 14.3 Å². The van der Waals surface area contributed by atoms with Crippen molar-refractivity contribution in [2.45, 2.75) is 25.4 Å². The number of hydrogen-bond donors (Lipinski definition) is 3. The maximum atomic E-state index is 11.0. The molecule has 6 heteroatoms. The SMILES string of the molecule is NC(=O)COc1ccc(CNC2CCC(=O)NC2)cc1. The van der Waals surface area contributed by atoms with Crippen LogP contribution in [-0.4, -0.2) is 31.0 Å². The van der Waals surface area contributed by atoms with Crippen molar-refractivity contribution in [3.8, 4) is 5.75 Å². The summed E-state index contributed by atoms with van der Waals surface area (Å²) in [5, 5.41) is 6.24. The molecule has 1 fully saturated rings. The molecule has 0 aromatic heterocycles. The predicted octanol–water partition coefficient (Wildman–Crippen LogP) is -0.0811. The van der Waals surface area contributed by atoms with Gasteiger partial charge in [0.25, 0.3) is 5.91 Å². The highest BCUT2D eigenvalue weighted by molar-refractivity contribution is 5.76. The van der Waals surface area contributed by atoms with Gasteiger partial charge in [-0.25, -0.2) is 0 Å². The first-order valence-corrected chi connectivity index (χ1v) is 6.63. The van der Waals surface area contributed by atoms with Crippen LogP contribution in [0.1, 0.15) is 18.4 Å². The molecule has 1 atom stereocenters. The van der Waals surface area contributed by atoms with Crippen LogP contribution in [-0.2, 0) is 16.1 Å². The van der Waals surface area contributed by atoms with Crippen molar-refractivity contribution in [3.63, 3.8) is 0 Å². The quantitative estimate of drug-likeness (QED) is 0.678. The van der Waals surface area contributed by atoms with E-state index in [1.807, 2.05) is 24.3 Å². The van der Waals surface area contributed by atoms with Gasteiger partial charge in [0.1, 0.15) is 5.75 Å². The summed E-state index contributed by atoms with van der Waals surface area (Å²) in [6.45, 7) is 1.30. The van der Waals surface area contributed by atoms with Crippen molar-refractivity contribution >= 4 is 11.8 Å². The van der Waals surface area contributed by atoms with E-state index in [2.05, 4.69) is 10.6 Å². The highest BCUT2D eigenvalue weighted by Gasteiger charge is 2.16. The molecule has 0 spiro atoms. The van der Waals surface area contributed by atoms with E-state index in [1.54, 1.807) is 0 Å². The molecule has 0 aliphatic carbocycles. The normalized spacial score (nSPS) is 18.4. The summed E-state index contributed by atoms with van der Waals surface area (Å²) < 4.78 is 5.19. The number of primary amides is 1. The molecule has 6 nitrogen and oxygen atoms in total. The Morgan fingerprint density at radius 3 is 2.75 bits per heavy atom. The minimum Gasteiger partial charge on any atom is -0.484 e. The molecular weight excluding hydrogens is 258 g/mol. The second-order valence-electron chi connectivity index (χ2n) is 4.82. The second kappa shape index (κ2) is 6.91. The van der Waals surface area contributed by atoms with Crippen LogP contribution in [0.3, 0.4) is 0 Å². The molecule has 0 radical (unpaired) electrons. The fourth-order valence-corrected chi connectivity index (χ4v) is 2.03. The van der Waals surface area contributed by atoms with Crippen LogP contribution in [0.15, 0.2) is 24.3 Å². The predicted molar refractivity (Wildman–Crippen MR) is 74.0 cm³/mol. The lowest BCUT2D eigenvalue weighted by Crippen LogP contribution is -2.45. The van der Waals surface area contributed by atoms with Gasteiger partial charge in [0.2, 0.25) is 5.91 Å². The van der Waals surface area contributed by atoms with Gasteiger partial charge in [-0.05, 0) is 24.1 Å². The second-order valence-corrected chi connectivity index (χ2v) is 4.82. The van der Waals surface area contributed by atoms with Gasteiger partial charge in [-0.3, -0.25) is 9.59 Å². The number of nitrogens with one attached hydrogen (secondary N) is 2. The Morgan fingerprint density at radius 2 is 2.15 bits per heavy atom. The van der Waals surface area contributed by atoms with E-state index in [-0.39, 0.29) is 12.5 Å². The number of benzene rings is 1. The summed E-state index contributed by atoms with van der Waals surface area (Å²) in [5.41, 5.74) is 6.13. The fourth-order valence-electron chi connectivity index (χ4n) is 2.03. The summed E-state index contributed by atoms with van der Waals surface area (Å²) in [6, 6.07) is 7.80. The first-order valence-electron chi connectivity index (χ1n) is 6.63. The fraction of sp³-hybridized carbons (Fsp3) is 0.429. The summed E-state index contributed by atoms with van der Waals surface area (Å²) in [6.07, 6.45) is 1.45. The molecule has 1 aromatic rings. The molecule has 1 aliphatic heterocycles. The first kappa shape index (κ1) is 14.3. The molecule has 0 saturated carbocycles. The van der Waals surface area contributed by atoms with Gasteiger partial charge in [-0.15, -0.1) is 0 Å². The van der Waals surface area contributed by atoms with Crippen LogP contribution in [0.2, 0.25) is 0 Å². The van der Waals surface area contributed by atoms with Crippen LogP contribution < -0.4 is 21.1 Å². The van der Waals surface area contributed by atoms with Crippen molar-refractivity contribution in [1.82, 2.24) is 10.6 Å². The van der Waals surface area contributed by atoms with E-state index in [0.29, 0.717) is 24.8 Å². The van der Waals surface area contributed by atoms with Crippen molar-refractivity contribution in [2.24, 2.45) is 5.73 Å². The van der Waals surface area contributed by atoms with Gasteiger partial charge in [0.15, 0.2) is 6.61 Å². The zero-order chi connectivity index (χ0) is 14.4. The summed E-state index contributed by atoms with van der Waals surface area (Å²) in [7, 11) is 0. The van der Waals surface area contributed by atoms with Crippen LogP contribution in [0.25, 0.3) is 0 Å². The highest BCUT2D eigenvalue weighted by atomic mass is 16.5. The summed E-state index contributed by atoms with van der Waals surface area (Å²) in [4.78, 5) is 21.6. The number of carbonyl (C=O) groups is 2. The van der Waals surface area contributed by atoms with E-state index in [1.165, 1.54) is 0 Å². The Bertz CT molecular complexity index is 463. The number of amides is 2. The number of carbonyl (C=O) groups excluding carboxylic acids is 2. The number of hydrogen-bond acceptors (Lipinski definition) is 4. The molecule has 1 aromatic carbocycles. The van der Waals surface area contributed by atoms with Crippen LogP contribution in [0.4, 0.5) is 0 Å². The van der Waals surface area contributed by atoms with Gasteiger partial charge in [0, 0.05) is 25.6 Å². The molecule has 0 bridgehead atoms. The van der Waals surface area contributed by atoms with Gasteiger partial charge in [-0.1, -0.05) is 12.1 Å². The zero-order valence-corrected chi connectivity index (χ0v) is 11.2. The molecule has 4 N–H and O–H groups in total. The lowest BCUT2D eigenvalue weighted by molar-refractivity contribution is -0.122. The topological polar surface area (TPSA) is 93.5 Å². The molecule has 2 amide bonds. The summed E-state index contributed by atoms with van der Waals surface area (Å²) in [5.74, 6) is 0.256. The van der Waals surface area contributed by atoms with E-state index >= 15 is 0 Å². The Morgan fingerprint density at radius 1 is 1.40 bits per heavy atom. The van der Waals surface area contributed by atoms with Crippen LogP contribution in [0.5, 0.6) is 5.75 Å². The molecule has 108 valence electrons. The Kier molecular flexibility index (Phi) is 4.95. The van der Waals surface area contributed by atoms with Crippen molar-refractivity contribution in [1.29, 1.82) is 0 Å². The van der Waals surface area contributed by atoms with Gasteiger partial charge in [-0.2, -0.15) is 0 Å². The Hall–Kier alpha value is -2.08. The summed E-state index contributed by atoms with van der Waals surface area (Å²) >= 11 is 0. The molecular formula is C14H19N3O3. The lowest BCUT2D eigenvalue weighted by atomic mass is 10.1. The Balaban J connectivity index is 1.76. The highest BCUT2D eigenvalue weighted by Crippen LogP contribution is 2.12. The standard InChI is InChI=1S/C14H19N3O3/c15-13(18)9-20-12-4-1-10(2-5-12)7-16-11-3-6-14(19)17-8-11/h1-2,4-5,11,16H,3,6-9H2,(H2,15,18)(H,17,19). The van der Waals surface area contributed by atoms with Gasteiger partial charge in [0.05, 0.1) is 0 Å². The third-order valence-electron chi connectivity index (χ3n) is 3.16. The maximum Gasteiger partial charge on any atom is 0.255 e. The van der Waals surface area contributed by atoms with E-state index in [4.69, 9.17) is 10.5 Å². The van der Waals surface area contributed by atoms with E-state index in [0.717, 1.165) is 18.5 Å². The number of rotatable bonds is 6. The average molecular weight is 277 g/mol. The maximum absolute atomic E-state index is 11.0.